The molecule has 0 aliphatic heterocycles. The van der Waals surface area contributed by atoms with Gasteiger partial charge in [-0.05, 0) is 48.7 Å². The minimum atomic E-state index is -4.20. The minimum absolute atomic E-state index is 0.00356. The molecule has 0 aromatic heterocycles. The van der Waals surface area contributed by atoms with Crippen molar-refractivity contribution in [2.24, 2.45) is 5.92 Å². The summed E-state index contributed by atoms with van der Waals surface area (Å²) in [5, 5.41) is 3.25. The topological polar surface area (TPSA) is 86.8 Å². The van der Waals surface area contributed by atoms with Crippen molar-refractivity contribution < 1.29 is 18.0 Å². The molecule has 1 N–H and O–H groups in total. The Morgan fingerprint density at radius 3 is 2.08 bits per heavy atom. The Morgan fingerprint density at radius 2 is 1.50 bits per heavy atom. The molecular weight excluding hydrogens is 545 g/mol. The fourth-order valence-electron chi connectivity index (χ4n) is 3.73. The van der Waals surface area contributed by atoms with E-state index < -0.39 is 28.5 Å². The van der Waals surface area contributed by atoms with Gasteiger partial charge in [-0.15, -0.1) is 0 Å². The molecule has 202 valence electrons. The van der Waals surface area contributed by atoms with Crippen LogP contribution in [0, 0.1) is 5.92 Å². The summed E-state index contributed by atoms with van der Waals surface area (Å²) in [6.07, 6.45) is 0. The van der Waals surface area contributed by atoms with Gasteiger partial charge in [-0.3, -0.25) is 13.9 Å². The number of carbonyl (C=O) groups excluding carboxylic acids is 2. The van der Waals surface area contributed by atoms with Crippen LogP contribution in [0.2, 0.25) is 10.0 Å². The van der Waals surface area contributed by atoms with Crippen molar-refractivity contribution in [1.82, 2.24) is 10.2 Å². The molecule has 0 saturated heterocycles. The van der Waals surface area contributed by atoms with Gasteiger partial charge in [-0.25, -0.2) is 8.42 Å². The second kappa shape index (κ2) is 13.1. The first-order chi connectivity index (χ1) is 18.0. The number of rotatable bonds is 11. The van der Waals surface area contributed by atoms with E-state index in [0.29, 0.717) is 11.6 Å². The predicted octanol–water partition coefficient (Wildman–Crippen LogP) is 5.38. The Hall–Kier alpha value is -3.07. The number of carbonyl (C=O) groups is 2. The molecule has 0 unspecified atom stereocenters. The van der Waals surface area contributed by atoms with Crippen molar-refractivity contribution >= 4 is 50.7 Å². The van der Waals surface area contributed by atoms with Crippen molar-refractivity contribution in [2.75, 3.05) is 17.4 Å². The molecule has 2 amide bonds. The predicted molar refractivity (Wildman–Crippen MR) is 152 cm³/mol. The van der Waals surface area contributed by atoms with Crippen molar-refractivity contribution in [3.63, 3.8) is 0 Å². The third kappa shape index (κ3) is 7.49. The average molecular weight is 577 g/mol. The van der Waals surface area contributed by atoms with Crippen LogP contribution in [-0.2, 0) is 26.2 Å². The molecule has 0 aliphatic rings. The number of amides is 2. The van der Waals surface area contributed by atoms with E-state index in [4.69, 9.17) is 23.2 Å². The van der Waals surface area contributed by atoms with Gasteiger partial charge in [0.25, 0.3) is 10.0 Å². The molecular formula is C28H31Cl2N3O4S. The van der Waals surface area contributed by atoms with E-state index in [9.17, 15) is 18.0 Å². The number of benzene rings is 3. The molecule has 3 aromatic rings. The van der Waals surface area contributed by atoms with E-state index >= 15 is 0 Å². The lowest BCUT2D eigenvalue weighted by molar-refractivity contribution is -0.139. The molecule has 38 heavy (non-hydrogen) atoms. The molecule has 3 rings (SSSR count). The van der Waals surface area contributed by atoms with Gasteiger partial charge in [0.2, 0.25) is 11.8 Å². The van der Waals surface area contributed by atoms with Crippen LogP contribution in [0.5, 0.6) is 0 Å². The lowest BCUT2D eigenvalue weighted by Gasteiger charge is -2.32. The third-order valence-electron chi connectivity index (χ3n) is 5.84. The Bertz CT molecular complexity index is 1350. The van der Waals surface area contributed by atoms with Crippen LogP contribution in [0.4, 0.5) is 5.69 Å². The van der Waals surface area contributed by atoms with Crippen LogP contribution in [0.15, 0.2) is 83.8 Å². The third-order valence-corrected chi connectivity index (χ3v) is 8.15. The SMILES string of the molecule is CC(C)CNC(=O)[C@H](C)N(Cc1ccccc1)C(=O)CN(c1ccc(Cl)cc1Cl)S(=O)(=O)c1ccccc1. The lowest BCUT2D eigenvalue weighted by Crippen LogP contribution is -2.51. The number of anilines is 1. The first-order valence-electron chi connectivity index (χ1n) is 12.1. The molecule has 10 heteroatoms. The summed E-state index contributed by atoms with van der Waals surface area (Å²) < 4.78 is 28.5. The summed E-state index contributed by atoms with van der Waals surface area (Å²) in [7, 11) is -4.20. The largest absolute Gasteiger partial charge is 0.354 e. The highest BCUT2D eigenvalue weighted by atomic mass is 35.5. The van der Waals surface area contributed by atoms with E-state index in [1.165, 1.54) is 35.2 Å². The monoisotopic (exact) mass is 575 g/mol. The molecule has 1 atom stereocenters. The van der Waals surface area contributed by atoms with Crippen LogP contribution in [-0.4, -0.2) is 44.3 Å². The van der Waals surface area contributed by atoms with Crippen LogP contribution < -0.4 is 9.62 Å². The number of nitrogens with zero attached hydrogens (tertiary/aromatic N) is 2. The Kier molecular flexibility index (Phi) is 10.2. The van der Waals surface area contributed by atoms with Gasteiger partial charge in [-0.1, -0.05) is 85.6 Å². The van der Waals surface area contributed by atoms with Gasteiger partial charge in [0.15, 0.2) is 0 Å². The first kappa shape index (κ1) is 29.5. The summed E-state index contributed by atoms with van der Waals surface area (Å²) in [5.74, 6) is -0.667. The van der Waals surface area contributed by atoms with Gasteiger partial charge < -0.3 is 10.2 Å². The van der Waals surface area contributed by atoms with Gasteiger partial charge in [0.1, 0.15) is 12.6 Å². The summed E-state index contributed by atoms with van der Waals surface area (Å²) in [4.78, 5) is 28.2. The summed E-state index contributed by atoms with van der Waals surface area (Å²) in [5.41, 5.74) is 0.899. The molecule has 3 aromatic carbocycles. The van der Waals surface area contributed by atoms with E-state index in [1.807, 2.05) is 44.2 Å². The maximum absolute atomic E-state index is 13.8. The molecule has 0 heterocycles. The fraction of sp³-hybridized carbons (Fsp3) is 0.286. The van der Waals surface area contributed by atoms with E-state index in [1.54, 1.807) is 25.1 Å². The van der Waals surface area contributed by atoms with Gasteiger partial charge in [-0.2, -0.15) is 0 Å². The quantitative estimate of drug-likeness (QED) is 0.332. The van der Waals surface area contributed by atoms with Crippen LogP contribution in [0.3, 0.4) is 0 Å². The van der Waals surface area contributed by atoms with E-state index in [2.05, 4.69) is 5.32 Å². The van der Waals surface area contributed by atoms with E-state index in [-0.39, 0.29) is 34.0 Å². The standard InChI is InChI=1S/C28H31Cl2N3O4S/c1-20(2)17-31-28(35)21(3)32(18-22-10-6-4-7-11-22)27(34)19-33(26-15-14-23(29)16-25(26)30)38(36,37)24-12-8-5-9-13-24/h4-16,20-21H,17-19H2,1-3H3,(H,31,35)/t21-/m0/s1. The molecule has 0 radical (unpaired) electrons. The van der Waals surface area contributed by atoms with Crippen LogP contribution in [0.1, 0.15) is 26.3 Å². The van der Waals surface area contributed by atoms with Crippen LogP contribution in [0.25, 0.3) is 0 Å². The minimum Gasteiger partial charge on any atom is -0.354 e. The Labute approximate surface area is 234 Å². The molecule has 7 nitrogen and oxygen atoms in total. The fourth-order valence-corrected chi connectivity index (χ4v) is 5.75. The Balaban J connectivity index is 2.02. The summed E-state index contributed by atoms with van der Waals surface area (Å²) in [6.45, 7) is 5.56. The highest BCUT2D eigenvalue weighted by Crippen LogP contribution is 2.33. The Morgan fingerprint density at radius 1 is 0.895 bits per heavy atom. The molecule has 0 spiro atoms. The molecule has 0 aliphatic carbocycles. The average Bonchev–Trinajstić information content (AvgIpc) is 2.90. The molecule has 0 saturated carbocycles. The first-order valence-corrected chi connectivity index (χ1v) is 14.3. The second-order valence-corrected chi connectivity index (χ2v) is 11.9. The van der Waals surface area contributed by atoms with Crippen molar-refractivity contribution in [1.29, 1.82) is 0 Å². The zero-order chi connectivity index (χ0) is 27.9. The molecule has 0 fully saturated rings. The number of halogens is 2. The number of hydrogen-bond donors (Lipinski definition) is 1. The molecule has 0 bridgehead atoms. The van der Waals surface area contributed by atoms with Gasteiger partial charge >= 0.3 is 0 Å². The second-order valence-electron chi connectivity index (χ2n) is 9.24. The summed E-state index contributed by atoms with van der Waals surface area (Å²) in [6, 6.07) is 20.5. The van der Waals surface area contributed by atoms with Gasteiger partial charge in [0.05, 0.1) is 15.6 Å². The highest BCUT2D eigenvalue weighted by Gasteiger charge is 2.33. The normalized spacial score (nSPS) is 12.2. The van der Waals surface area contributed by atoms with Crippen molar-refractivity contribution in [2.45, 2.75) is 38.3 Å². The zero-order valence-corrected chi connectivity index (χ0v) is 23.8. The number of sulfonamides is 1. The van der Waals surface area contributed by atoms with E-state index in [0.717, 1.165) is 9.87 Å². The highest BCUT2D eigenvalue weighted by molar-refractivity contribution is 7.92. The lowest BCUT2D eigenvalue weighted by atomic mass is 10.1. The number of hydrogen-bond acceptors (Lipinski definition) is 4. The smallest absolute Gasteiger partial charge is 0.264 e. The van der Waals surface area contributed by atoms with Crippen LogP contribution >= 0.6 is 23.2 Å². The maximum Gasteiger partial charge on any atom is 0.264 e. The number of nitrogens with one attached hydrogen (secondary N) is 1. The zero-order valence-electron chi connectivity index (χ0n) is 21.5. The van der Waals surface area contributed by atoms with Gasteiger partial charge in [0, 0.05) is 18.1 Å². The maximum atomic E-state index is 13.8. The van der Waals surface area contributed by atoms with Crippen molar-refractivity contribution in [3.8, 4) is 0 Å². The van der Waals surface area contributed by atoms with Crippen molar-refractivity contribution in [3.05, 3.63) is 94.5 Å². The summed E-state index contributed by atoms with van der Waals surface area (Å²) >= 11 is 12.5.